The molecule has 0 amide bonds. The average molecular weight is 308 g/mol. The first-order valence-electron chi connectivity index (χ1n) is 6.11. The second-order valence-corrected chi connectivity index (χ2v) is 5.50. The second-order valence-electron chi connectivity index (χ2n) is 4.58. The maximum Gasteiger partial charge on any atom is 0.108 e. The van der Waals surface area contributed by atoms with E-state index in [0.29, 0.717) is 0 Å². The van der Waals surface area contributed by atoms with Crippen LogP contribution in [-0.4, -0.2) is 15.6 Å². The lowest BCUT2D eigenvalue weighted by Crippen LogP contribution is -2.24. The molecule has 0 spiro atoms. The number of halogens is 1. The molecule has 96 valence electrons. The third kappa shape index (κ3) is 3.68. The van der Waals surface area contributed by atoms with Crippen LogP contribution in [0.1, 0.15) is 17.8 Å². The van der Waals surface area contributed by atoms with Crippen LogP contribution in [0.4, 0.5) is 0 Å². The van der Waals surface area contributed by atoms with E-state index in [1.54, 1.807) is 0 Å². The first-order valence-corrected chi connectivity index (χ1v) is 6.90. The number of nitrogens with two attached hydrogens (primary N) is 1. The van der Waals surface area contributed by atoms with E-state index in [4.69, 9.17) is 5.73 Å². The van der Waals surface area contributed by atoms with Crippen molar-refractivity contribution >= 4 is 15.9 Å². The second kappa shape index (κ2) is 6.16. The normalized spacial score (nSPS) is 12.6. The Morgan fingerprint density at radius 1 is 1.33 bits per heavy atom. The molecule has 0 bridgehead atoms. The van der Waals surface area contributed by atoms with Crippen LogP contribution in [0.15, 0.2) is 41.1 Å². The lowest BCUT2D eigenvalue weighted by atomic mass is 10.0. The van der Waals surface area contributed by atoms with Gasteiger partial charge in [-0.25, -0.2) is 4.98 Å². The Labute approximate surface area is 116 Å². The van der Waals surface area contributed by atoms with Gasteiger partial charge in [-0.1, -0.05) is 28.1 Å². The standard InChI is InChI=1S/C14H18BrN3/c1-18-9-8-17-14(18)7-6-13(16)10-11-2-4-12(15)5-3-11/h2-5,8-9,13H,6-7,10,16H2,1H3. The summed E-state index contributed by atoms with van der Waals surface area (Å²) >= 11 is 3.43. The van der Waals surface area contributed by atoms with Crippen molar-refractivity contribution in [3.05, 3.63) is 52.5 Å². The minimum Gasteiger partial charge on any atom is -0.338 e. The average Bonchev–Trinajstić information content (AvgIpc) is 2.75. The molecule has 2 N–H and O–H groups in total. The van der Waals surface area contributed by atoms with E-state index in [1.807, 2.05) is 24.0 Å². The molecule has 4 heteroatoms. The molecule has 0 saturated heterocycles. The molecule has 0 aliphatic rings. The molecule has 18 heavy (non-hydrogen) atoms. The van der Waals surface area contributed by atoms with Crippen molar-refractivity contribution < 1.29 is 0 Å². The molecule has 2 aromatic rings. The van der Waals surface area contributed by atoms with Gasteiger partial charge in [-0.05, 0) is 30.5 Å². The van der Waals surface area contributed by atoms with Crippen molar-refractivity contribution in [1.29, 1.82) is 0 Å². The van der Waals surface area contributed by atoms with Gasteiger partial charge in [0.25, 0.3) is 0 Å². The molecule has 0 radical (unpaired) electrons. The number of hydrogen-bond donors (Lipinski definition) is 1. The molecule has 0 aliphatic carbocycles. The van der Waals surface area contributed by atoms with Crippen LogP contribution in [0.5, 0.6) is 0 Å². The van der Waals surface area contributed by atoms with Gasteiger partial charge in [-0.2, -0.15) is 0 Å². The predicted molar refractivity (Wildman–Crippen MR) is 77.4 cm³/mol. The van der Waals surface area contributed by atoms with Gasteiger partial charge in [-0.3, -0.25) is 0 Å². The van der Waals surface area contributed by atoms with Gasteiger partial charge in [0.1, 0.15) is 5.82 Å². The van der Waals surface area contributed by atoms with Gasteiger partial charge >= 0.3 is 0 Å². The van der Waals surface area contributed by atoms with E-state index in [2.05, 4.69) is 45.2 Å². The highest BCUT2D eigenvalue weighted by Gasteiger charge is 2.07. The van der Waals surface area contributed by atoms with Crippen molar-refractivity contribution in [2.45, 2.75) is 25.3 Å². The molecule has 2 rings (SSSR count). The van der Waals surface area contributed by atoms with E-state index >= 15 is 0 Å². The molecule has 0 fully saturated rings. The number of imidazole rings is 1. The molecule has 1 aromatic carbocycles. The fourth-order valence-corrected chi connectivity index (χ4v) is 2.24. The van der Waals surface area contributed by atoms with Gasteiger partial charge in [0.2, 0.25) is 0 Å². The SMILES string of the molecule is Cn1ccnc1CCC(N)Cc1ccc(Br)cc1. The van der Waals surface area contributed by atoms with Crippen molar-refractivity contribution in [3.8, 4) is 0 Å². The number of benzene rings is 1. The predicted octanol–water partition coefficient (Wildman–Crippen LogP) is 2.69. The van der Waals surface area contributed by atoms with Crippen LogP contribution in [0.3, 0.4) is 0 Å². The highest BCUT2D eigenvalue weighted by Crippen LogP contribution is 2.13. The maximum atomic E-state index is 6.16. The lowest BCUT2D eigenvalue weighted by molar-refractivity contribution is 0.589. The van der Waals surface area contributed by atoms with Crippen LogP contribution < -0.4 is 5.73 Å². The fourth-order valence-electron chi connectivity index (χ4n) is 1.98. The smallest absolute Gasteiger partial charge is 0.108 e. The van der Waals surface area contributed by atoms with Crippen LogP contribution in [0, 0.1) is 0 Å². The monoisotopic (exact) mass is 307 g/mol. The topological polar surface area (TPSA) is 43.8 Å². The van der Waals surface area contributed by atoms with E-state index in [9.17, 15) is 0 Å². The zero-order valence-electron chi connectivity index (χ0n) is 10.5. The molecule has 0 saturated carbocycles. The van der Waals surface area contributed by atoms with Crippen LogP contribution >= 0.6 is 15.9 Å². The van der Waals surface area contributed by atoms with Gasteiger partial charge in [0.15, 0.2) is 0 Å². The van der Waals surface area contributed by atoms with Gasteiger partial charge in [-0.15, -0.1) is 0 Å². The molecule has 1 atom stereocenters. The summed E-state index contributed by atoms with van der Waals surface area (Å²) in [5.74, 6) is 1.10. The molecular formula is C14H18BrN3. The quantitative estimate of drug-likeness (QED) is 0.923. The minimum absolute atomic E-state index is 0.183. The lowest BCUT2D eigenvalue weighted by Gasteiger charge is -2.11. The summed E-state index contributed by atoms with van der Waals surface area (Å²) < 4.78 is 3.15. The van der Waals surface area contributed by atoms with Crippen molar-refractivity contribution in [3.63, 3.8) is 0 Å². The van der Waals surface area contributed by atoms with E-state index in [0.717, 1.165) is 29.6 Å². The number of nitrogens with zero attached hydrogens (tertiary/aromatic N) is 2. The van der Waals surface area contributed by atoms with Gasteiger partial charge < -0.3 is 10.3 Å². The molecule has 0 aliphatic heterocycles. The third-order valence-corrected chi connectivity index (χ3v) is 3.60. The Morgan fingerprint density at radius 3 is 2.67 bits per heavy atom. The summed E-state index contributed by atoms with van der Waals surface area (Å²) in [7, 11) is 2.02. The number of aromatic nitrogens is 2. The zero-order valence-corrected chi connectivity index (χ0v) is 12.1. The largest absolute Gasteiger partial charge is 0.338 e. The zero-order chi connectivity index (χ0) is 13.0. The number of rotatable bonds is 5. The molecular weight excluding hydrogens is 290 g/mol. The Morgan fingerprint density at radius 2 is 2.06 bits per heavy atom. The van der Waals surface area contributed by atoms with Crippen molar-refractivity contribution in [2.24, 2.45) is 12.8 Å². The molecule has 1 aromatic heterocycles. The summed E-state index contributed by atoms with van der Waals surface area (Å²) in [5.41, 5.74) is 7.44. The van der Waals surface area contributed by atoms with Crippen molar-refractivity contribution in [2.75, 3.05) is 0 Å². The number of hydrogen-bond acceptors (Lipinski definition) is 2. The summed E-state index contributed by atoms with van der Waals surface area (Å²) in [6.45, 7) is 0. The summed E-state index contributed by atoms with van der Waals surface area (Å²) in [6.07, 6.45) is 6.60. The Hall–Kier alpha value is -1.13. The highest BCUT2D eigenvalue weighted by molar-refractivity contribution is 9.10. The Balaban J connectivity index is 1.83. The number of aryl methyl sites for hydroxylation is 2. The first kappa shape index (κ1) is 13.3. The third-order valence-electron chi connectivity index (χ3n) is 3.07. The maximum absolute atomic E-state index is 6.16. The van der Waals surface area contributed by atoms with E-state index < -0.39 is 0 Å². The van der Waals surface area contributed by atoms with Crippen LogP contribution in [0.25, 0.3) is 0 Å². The van der Waals surface area contributed by atoms with Gasteiger partial charge in [0.05, 0.1) is 0 Å². The fraction of sp³-hybridized carbons (Fsp3) is 0.357. The summed E-state index contributed by atoms with van der Waals surface area (Å²) in [6, 6.07) is 8.53. The van der Waals surface area contributed by atoms with Crippen molar-refractivity contribution in [1.82, 2.24) is 9.55 Å². The Kier molecular flexibility index (Phi) is 4.55. The molecule has 1 unspecified atom stereocenters. The molecule has 3 nitrogen and oxygen atoms in total. The van der Waals surface area contributed by atoms with E-state index in [1.165, 1.54) is 5.56 Å². The van der Waals surface area contributed by atoms with Crippen LogP contribution in [0.2, 0.25) is 0 Å². The Bertz CT molecular complexity index is 490. The summed E-state index contributed by atoms with van der Waals surface area (Å²) in [5, 5.41) is 0. The first-order chi connectivity index (χ1) is 8.65. The van der Waals surface area contributed by atoms with Gasteiger partial charge in [0, 0.05) is 36.4 Å². The van der Waals surface area contributed by atoms with Crippen LogP contribution in [-0.2, 0) is 19.9 Å². The summed E-state index contributed by atoms with van der Waals surface area (Å²) in [4.78, 5) is 4.31. The van der Waals surface area contributed by atoms with E-state index in [-0.39, 0.29) is 6.04 Å². The highest BCUT2D eigenvalue weighted by atomic mass is 79.9. The minimum atomic E-state index is 0.183. The molecule has 1 heterocycles.